The Morgan fingerprint density at radius 1 is 1.03 bits per heavy atom. The van der Waals surface area contributed by atoms with Gasteiger partial charge in [0.1, 0.15) is 5.82 Å². The van der Waals surface area contributed by atoms with Crippen LogP contribution in [0.15, 0.2) is 77.7 Å². The van der Waals surface area contributed by atoms with Crippen LogP contribution in [0.25, 0.3) is 0 Å². The van der Waals surface area contributed by atoms with Gasteiger partial charge in [-0.15, -0.1) is 11.8 Å². The molecule has 1 unspecified atom stereocenters. The zero-order chi connectivity index (χ0) is 23.5. The van der Waals surface area contributed by atoms with E-state index in [1.807, 2.05) is 0 Å². The smallest absolute Gasteiger partial charge is 0.269 e. The molecular formula is C23H16FN3O5S. The molecule has 1 atom stereocenters. The molecule has 1 fully saturated rings. The van der Waals surface area contributed by atoms with E-state index in [0.717, 1.165) is 4.90 Å². The van der Waals surface area contributed by atoms with Crippen molar-refractivity contribution in [2.45, 2.75) is 16.6 Å². The summed E-state index contributed by atoms with van der Waals surface area (Å²) >= 11 is 1.20. The van der Waals surface area contributed by atoms with E-state index in [1.165, 1.54) is 54.2 Å². The maximum Gasteiger partial charge on any atom is 0.269 e. The minimum atomic E-state index is -0.647. The number of halogens is 1. The molecule has 0 saturated carbocycles. The van der Waals surface area contributed by atoms with Crippen LogP contribution >= 0.6 is 11.8 Å². The molecule has 1 aliphatic heterocycles. The quantitative estimate of drug-likeness (QED) is 0.328. The number of imide groups is 1. The highest BCUT2D eigenvalue weighted by Gasteiger charge is 2.40. The summed E-state index contributed by atoms with van der Waals surface area (Å²) in [4.78, 5) is 49.4. The Morgan fingerprint density at radius 2 is 1.70 bits per heavy atom. The minimum absolute atomic E-state index is 0.00768. The highest BCUT2D eigenvalue weighted by Crippen LogP contribution is 2.34. The zero-order valence-corrected chi connectivity index (χ0v) is 17.8. The van der Waals surface area contributed by atoms with Crippen LogP contribution in [0, 0.1) is 15.9 Å². The Bertz CT molecular complexity index is 1250. The third-order valence-electron chi connectivity index (χ3n) is 4.93. The van der Waals surface area contributed by atoms with Crippen molar-refractivity contribution in [2.75, 3.05) is 10.2 Å². The fraction of sp³-hybridized carbons (Fsp3) is 0.0870. The lowest BCUT2D eigenvalue weighted by Crippen LogP contribution is -2.31. The number of amides is 3. The lowest BCUT2D eigenvalue weighted by atomic mass is 10.2. The molecule has 0 bridgehead atoms. The minimum Gasteiger partial charge on any atom is -0.322 e. The van der Waals surface area contributed by atoms with Crippen LogP contribution in [0.5, 0.6) is 0 Å². The van der Waals surface area contributed by atoms with E-state index in [4.69, 9.17) is 0 Å². The lowest BCUT2D eigenvalue weighted by Gasteiger charge is -2.14. The second-order valence-corrected chi connectivity index (χ2v) is 8.39. The van der Waals surface area contributed by atoms with Crippen LogP contribution < -0.4 is 10.2 Å². The molecule has 0 aliphatic carbocycles. The number of nitrogens with zero attached hydrogens (tertiary/aromatic N) is 2. The van der Waals surface area contributed by atoms with E-state index in [9.17, 15) is 28.9 Å². The number of nitrogens with one attached hydrogen (secondary N) is 1. The number of thioether (sulfide) groups is 1. The maximum atomic E-state index is 13.8. The van der Waals surface area contributed by atoms with Gasteiger partial charge in [-0.2, -0.15) is 0 Å². The van der Waals surface area contributed by atoms with E-state index in [-0.39, 0.29) is 29.3 Å². The van der Waals surface area contributed by atoms with Crippen molar-refractivity contribution in [3.8, 4) is 0 Å². The number of carbonyl (C=O) groups excluding carboxylic acids is 3. The number of hydrogen-bond donors (Lipinski definition) is 1. The normalized spacial score (nSPS) is 15.5. The van der Waals surface area contributed by atoms with Gasteiger partial charge in [0.25, 0.3) is 11.6 Å². The first-order valence-electron chi connectivity index (χ1n) is 9.77. The monoisotopic (exact) mass is 465 g/mol. The molecule has 3 aromatic rings. The summed E-state index contributed by atoms with van der Waals surface area (Å²) in [6, 6.07) is 17.5. The molecule has 1 aliphatic rings. The first-order chi connectivity index (χ1) is 15.8. The molecule has 0 aromatic heterocycles. The van der Waals surface area contributed by atoms with Gasteiger partial charge < -0.3 is 5.32 Å². The van der Waals surface area contributed by atoms with Crippen molar-refractivity contribution in [3.63, 3.8) is 0 Å². The third kappa shape index (κ3) is 4.75. The van der Waals surface area contributed by atoms with Crippen LogP contribution in [-0.4, -0.2) is 27.9 Å². The summed E-state index contributed by atoms with van der Waals surface area (Å²) in [5, 5.41) is 12.8. The Balaban J connectivity index is 1.41. The molecule has 10 heteroatoms. The highest BCUT2D eigenvalue weighted by molar-refractivity contribution is 8.00. The standard InChI is InChI=1S/C23H16FN3O5S/c24-19-4-2-1-3-18(19)22(29)25-14-5-11-17(12-6-14)33-20-13-21(28)26(23(20)30)15-7-9-16(10-8-15)27(31)32/h1-12,20H,13H2,(H,25,29). The van der Waals surface area contributed by atoms with Gasteiger partial charge in [-0.1, -0.05) is 12.1 Å². The molecule has 1 N–H and O–H groups in total. The number of hydrogen-bond acceptors (Lipinski definition) is 6. The number of nitro benzene ring substituents is 1. The number of nitro groups is 1. The fourth-order valence-electron chi connectivity index (χ4n) is 3.32. The van der Waals surface area contributed by atoms with Crippen molar-refractivity contribution in [2.24, 2.45) is 0 Å². The van der Waals surface area contributed by atoms with Crippen LogP contribution in [0.1, 0.15) is 16.8 Å². The van der Waals surface area contributed by atoms with Gasteiger partial charge in [-0.3, -0.25) is 24.5 Å². The predicted octanol–water partition coefficient (Wildman–Crippen LogP) is 4.41. The fourth-order valence-corrected chi connectivity index (χ4v) is 4.37. The number of anilines is 2. The van der Waals surface area contributed by atoms with Crippen molar-refractivity contribution in [1.29, 1.82) is 0 Å². The second-order valence-electron chi connectivity index (χ2n) is 7.11. The molecule has 0 spiro atoms. The molecular weight excluding hydrogens is 449 g/mol. The van der Waals surface area contributed by atoms with Crippen molar-refractivity contribution in [3.05, 3.63) is 94.3 Å². The summed E-state index contributed by atoms with van der Waals surface area (Å²) in [7, 11) is 0. The summed E-state index contributed by atoms with van der Waals surface area (Å²) in [6.07, 6.45) is -0.00768. The van der Waals surface area contributed by atoms with Crippen LogP contribution in [0.3, 0.4) is 0 Å². The number of carbonyl (C=O) groups is 3. The van der Waals surface area contributed by atoms with E-state index in [0.29, 0.717) is 10.6 Å². The molecule has 1 saturated heterocycles. The Morgan fingerprint density at radius 3 is 2.33 bits per heavy atom. The summed E-state index contributed by atoms with van der Waals surface area (Å²) in [6.45, 7) is 0. The van der Waals surface area contributed by atoms with Gasteiger partial charge in [-0.05, 0) is 48.5 Å². The molecule has 33 heavy (non-hydrogen) atoms. The summed E-state index contributed by atoms with van der Waals surface area (Å²) < 4.78 is 13.8. The van der Waals surface area contributed by atoms with Crippen LogP contribution in [0.4, 0.5) is 21.5 Å². The van der Waals surface area contributed by atoms with Gasteiger partial charge in [0.05, 0.1) is 21.4 Å². The summed E-state index contributed by atoms with van der Waals surface area (Å²) in [5.74, 6) is -2.00. The second kappa shape index (κ2) is 9.21. The van der Waals surface area contributed by atoms with Gasteiger partial charge in [-0.25, -0.2) is 9.29 Å². The Kier molecular flexibility index (Phi) is 6.18. The average molecular weight is 465 g/mol. The highest BCUT2D eigenvalue weighted by atomic mass is 32.2. The van der Waals surface area contributed by atoms with E-state index < -0.39 is 27.8 Å². The summed E-state index contributed by atoms with van der Waals surface area (Å²) in [5.41, 5.74) is 0.530. The molecule has 0 radical (unpaired) electrons. The molecule has 4 rings (SSSR count). The largest absolute Gasteiger partial charge is 0.322 e. The van der Waals surface area contributed by atoms with Gasteiger partial charge >= 0.3 is 0 Å². The zero-order valence-electron chi connectivity index (χ0n) is 16.9. The average Bonchev–Trinajstić information content (AvgIpc) is 3.08. The van der Waals surface area contributed by atoms with Crippen molar-refractivity contribution in [1.82, 2.24) is 0 Å². The topological polar surface area (TPSA) is 110 Å². The van der Waals surface area contributed by atoms with Crippen LogP contribution in [0.2, 0.25) is 0 Å². The maximum absolute atomic E-state index is 13.8. The number of benzene rings is 3. The molecule has 166 valence electrons. The van der Waals surface area contributed by atoms with Gasteiger partial charge in [0, 0.05) is 29.1 Å². The van der Waals surface area contributed by atoms with Crippen LogP contribution in [-0.2, 0) is 9.59 Å². The van der Waals surface area contributed by atoms with E-state index >= 15 is 0 Å². The number of non-ortho nitro benzene ring substituents is 1. The first kappa shape index (κ1) is 22.2. The van der Waals surface area contributed by atoms with Gasteiger partial charge in [0.2, 0.25) is 11.8 Å². The Labute approximate surface area is 191 Å². The molecule has 3 aromatic carbocycles. The molecule has 1 heterocycles. The van der Waals surface area contributed by atoms with E-state index in [1.54, 1.807) is 30.3 Å². The first-order valence-corrected chi connectivity index (χ1v) is 10.7. The molecule has 3 amide bonds. The third-order valence-corrected chi connectivity index (χ3v) is 6.13. The lowest BCUT2D eigenvalue weighted by molar-refractivity contribution is -0.384. The SMILES string of the molecule is O=C(Nc1ccc(SC2CC(=O)N(c3ccc([N+](=O)[O-])cc3)C2=O)cc1)c1ccccc1F. The Hall–Kier alpha value is -4.05. The van der Waals surface area contributed by atoms with Crippen molar-refractivity contribution >= 4 is 46.5 Å². The van der Waals surface area contributed by atoms with Crippen molar-refractivity contribution < 1.29 is 23.7 Å². The van der Waals surface area contributed by atoms with E-state index in [2.05, 4.69) is 5.32 Å². The predicted molar refractivity (Wildman–Crippen MR) is 121 cm³/mol. The number of rotatable bonds is 6. The van der Waals surface area contributed by atoms with Gasteiger partial charge in [0.15, 0.2) is 0 Å². The molecule has 8 nitrogen and oxygen atoms in total.